The molecular weight excluding hydrogens is 430 g/mol. The average Bonchev–Trinajstić information content (AvgIpc) is 3.17. The first kappa shape index (κ1) is 22.1. The van der Waals surface area contributed by atoms with Crippen molar-refractivity contribution in [2.75, 3.05) is 54.8 Å². The molecule has 0 aromatic heterocycles. The fourth-order valence-electron chi connectivity index (χ4n) is 4.29. The molecule has 1 amide bonds. The normalized spacial score (nSPS) is 18.0. The number of rotatable bonds is 4. The minimum atomic E-state index is -3.23. The lowest BCUT2D eigenvalue weighted by Gasteiger charge is -2.37. The lowest BCUT2D eigenvalue weighted by atomic mass is 10.1. The minimum Gasteiger partial charge on any atom is -0.465 e. The zero-order valence-corrected chi connectivity index (χ0v) is 19.1. The molecule has 9 heteroatoms. The summed E-state index contributed by atoms with van der Waals surface area (Å²) >= 11 is 0. The van der Waals surface area contributed by atoms with Crippen LogP contribution in [-0.4, -0.2) is 70.8 Å². The number of amides is 1. The zero-order valence-electron chi connectivity index (χ0n) is 18.3. The van der Waals surface area contributed by atoms with Gasteiger partial charge in [0.05, 0.1) is 24.1 Å². The van der Waals surface area contributed by atoms with Crippen molar-refractivity contribution in [2.24, 2.45) is 0 Å². The van der Waals surface area contributed by atoms with E-state index < -0.39 is 10.0 Å². The van der Waals surface area contributed by atoms with Crippen LogP contribution >= 0.6 is 0 Å². The number of hydrogen-bond donors (Lipinski definition) is 0. The second-order valence-corrected chi connectivity index (χ2v) is 10.1. The van der Waals surface area contributed by atoms with E-state index in [0.29, 0.717) is 56.0 Å². The van der Waals surface area contributed by atoms with E-state index in [1.54, 1.807) is 30.3 Å². The Bertz CT molecular complexity index is 1120. The second-order valence-electron chi connectivity index (χ2n) is 8.06. The van der Waals surface area contributed by atoms with Crippen LogP contribution in [0.25, 0.3) is 0 Å². The van der Waals surface area contributed by atoms with E-state index in [-0.39, 0.29) is 17.6 Å². The molecule has 2 saturated heterocycles. The molecule has 0 atom stereocenters. The molecule has 32 heavy (non-hydrogen) atoms. The summed E-state index contributed by atoms with van der Waals surface area (Å²) in [5.74, 6) is -0.246. The maximum atomic E-state index is 12.9. The van der Waals surface area contributed by atoms with Crippen molar-refractivity contribution in [1.82, 2.24) is 4.90 Å². The lowest BCUT2D eigenvalue weighted by Crippen LogP contribution is -2.49. The minimum absolute atomic E-state index is 0.0572. The molecule has 2 heterocycles. The molecule has 0 saturated carbocycles. The van der Waals surface area contributed by atoms with E-state index >= 15 is 0 Å². The second kappa shape index (κ2) is 8.82. The summed E-state index contributed by atoms with van der Waals surface area (Å²) in [5, 5.41) is 0. The molecule has 0 bridgehead atoms. The van der Waals surface area contributed by atoms with Crippen molar-refractivity contribution >= 4 is 33.3 Å². The topological polar surface area (TPSA) is 87.2 Å². The highest BCUT2D eigenvalue weighted by atomic mass is 32.2. The lowest BCUT2D eigenvalue weighted by molar-refractivity contribution is 0.0600. The smallest absolute Gasteiger partial charge is 0.337 e. The van der Waals surface area contributed by atoms with Gasteiger partial charge in [-0.2, -0.15) is 0 Å². The number of aryl methyl sites for hydroxylation is 1. The number of sulfonamides is 1. The van der Waals surface area contributed by atoms with E-state index in [4.69, 9.17) is 4.74 Å². The maximum absolute atomic E-state index is 12.9. The van der Waals surface area contributed by atoms with E-state index in [0.717, 1.165) is 11.3 Å². The van der Waals surface area contributed by atoms with Crippen LogP contribution in [0.4, 0.5) is 11.4 Å². The summed E-state index contributed by atoms with van der Waals surface area (Å²) < 4.78 is 30.4. The highest BCUT2D eigenvalue weighted by molar-refractivity contribution is 7.93. The first-order valence-electron chi connectivity index (χ1n) is 10.6. The summed E-state index contributed by atoms with van der Waals surface area (Å²) in [5.41, 5.74) is 3.71. The number of piperazine rings is 1. The molecule has 2 aliphatic rings. The fraction of sp³-hybridized carbons (Fsp3) is 0.391. The summed E-state index contributed by atoms with van der Waals surface area (Å²) in [6, 6.07) is 12.3. The maximum Gasteiger partial charge on any atom is 0.337 e. The standard InChI is InChI=1S/C23H27N3O5S/c1-17-16-19(23(28)31-2)6-9-21(17)24-11-13-25(14-12-24)22(27)18-4-7-20(8-5-18)26-10-3-15-32(26,29)30/h4-9,16H,3,10-15H2,1-2H3. The first-order valence-corrected chi connectivity index (χ1v) is 12.2. The van der Waals surface area contributed by atoms with Crippen LogP contribution in [0.5, 0.6) is 0 Å². The molecule has 2 aromatic rings. The van der Waals surface area contributed by atoms with E-state index in [2.05, 4.69) is 4.90 Å². The Labute approximate surface area is 188 Å². The molecule has 0 N–H and O–H groups in total. The quantitative estimate of drug-likeness (QED) is 0.655. The van der Waals surface area contributed by atoms with Gasteiger partial charge in [-0.05, 0) is 61.4 Å². The molecule has 0 aliphatic carbocycles. The third-order valence-electron chi connectivity index (χ3n) is 6.03. The number of hydrogen-bond acceptors (Lipinski definition) is 6. The van der Waals surface area contributed by atoms with E-state index in [1.807, 2.05) is 24.0 Å². The predicted octanol–water partition coefficient (Wildman–Crippen LogP) is 2.28. The van der Waals surface area contributed by atoms with Gasteiger partial charge in [0.15, 0.2) is 0 Å². The van der Waals surface area contributed by atoms with Gasteiger partial charge in [0.25, 0.3) is 5.91 Å². The van der Waals surface area contributed by atoms with Crippen molar-refractivity contribution in [3.8, 4) is 0 Å². The number of methoxy groups -OCH3 is 1. The number of esters is 1. The number of benzene rings is 2. The van der Waals surface area contributed by atoms with E-state index in [9.17, 15) is 18.0 Å². The number of carbonyl (C=O) groups excluding carboxylic acids is 2. The highest BCUT2D eigenvalue weighted by Crippen LogP contribution is 2.26. The van der Waals surface area contributed by atoms with Crippen molar-refractivity contribution in [2.45, 2.75) is 13.3 Å². The third kappa shape index (κ3) is 4.29. The monoisotopic (exact) mass is 457 g/mol. The molecule has 0 spiro atoms. The van der Waals surface area contributed by atoms with Gasteiger partial charge < -0.3 is 14.5 Å². The molecule has 170 valence electrons. The highest BCUT2D eigenvalue weighted by Gasteiger charge is 2.29. The van der Waals surface area contributed by atoms with Crippen LogP contribution in [-0.2, 0) is 14.8 Å². The van der Waals surface area contributed by atoms with Gasteiger partial charge in [0, 0.05) is 44.0 Å². The van der Waals surface area contributed by atoms with Gasteiger partial charge in [0.2, 0.25) is 10.0 Å². The van der Waals surface area contributed by atoms with Gasteiger partial charge >= 0.3 is 5.97 Å². The van der Waals surface area contributed by atoms with Crippen LogP contribution in [0, 0.1) is 6.92 Å². The van der Waals surface area contributed by atoms with Crippen molar-refractivity contribution in [1.29, 1.82) is 0 Å². The first-order chi connectivity index (χ1) is 15.3. The number of anilines is 2. The van der Waals surface area contributed by atoms with Gasteiger partial charge in [-0.15, -0.1) is 0 Å². The Morgan fingerprint density at radius 2 is 1.56 bits per heavy atom. The Morgan fingerprint density at radius 3 is 2.12 bits per heavy atom. The van der Waals surface area contributed by atoms with Gasteiger partial charge in [-0.1, -0.05) is 0 Å². The summed E-state index contributed by atoms with van der Waals surface area (Å²) in [6.45, 7) is 4.99. The molecule has 2 aliphatic heterocycles. The van der Waals surface area contributed by atoms with Crippen LogP contribution in [0.3, 0.4) is 0 Å². The fourth-order valence-corrected chi connectivity index (χ4v) is 5.85. The summed E-state index contributed by atoms with van der Waals surface area (Å²) in [4.78, 5) is 28.7. The van der Waals surface area contributed by atoms with Crippen molar-refractivity contribution in [3.63, 3.8) is 0 Å². The molecule has 4 rings (SSSR count). The molecule has 0 unspecified atom stereocenters. The Hall–Kier alpha value is -3.07. The number of nitrogens with zero attached hydrogens (tertiary/aromatic N) is 3. The van der Waals surface area contributed by atoms with Crippen LogP contribution in [0.15, 0.2) is 42.5 Å². The Morgan fingerprint density at radius 1 is 0.906 bits per heavy atom. The number of ether oxygens (including phenoxy) is 1. The van der Waals surface area contributed by atoms with Crippen LogP contribution in [0.1, 0.15) is 32.7 Å². The Kier molecular flexibility index (Phi) is 6.10. The Balaban J connectivity index is 1.39. The third-order valence-corrected chi connectivity index (χ3v) is 7.90. The van der Waals surface area contributed by atoms with E-state index in [1.165, 1.54) is 11.4 Å². The zero-order chi connectivity index (χ0) is 22.9. The molecule has 2 fully saturated rings. The van der Waals surface area contributed by atoms with Gasteiger partial charge in [0.1, 0.15) is 0 Å². The van der Waals surface area contributed by atoms with Crippen molar-refractivity contribution in [3.05, 3.63) is 59.2 Å². The van der Waals surface area contributed by atoms with Crippen molar-refractivity contribution < 1.29 is 22.7 Å². The molecular formula is C23H27N3O5S. The molecule has 8 nitrogen and oxygen atoms in total. The number of carbonyl (C=O) groups is 2. The SMILES string of the molecule is COC(=O)c1ccc(N2CCN(C(=O)c3ccc(N4CCCS4(=O)=O)cc3)CC2)c(C)c1. The van der Waals surface area contributed by atoms with Crippen LogP contribution in [0.2, 0.25) is 0 Å². The average molecular weight is 458 g/mol. The molecule has 2 aromatic carbocycles. The van der Waals surface area contributed by atoms with Gasteiger partial charge in [-0.3, -0.25) is 9.10 Å². The van der Waals surface area contributed by atoms with Gasteiger partial charge in [-0.25, -0.2) is 13.2 Å². The van der Waals surface area contributed by atoms with Crippen LogP contribution < -0.4 is 9.21 Å². The summed E-state index contributed by atoms with van der Waals surface area (Å²) in [6.07, 6.45) is 0.623. The largest absolute Gasteiger partial charge is 0.465 e. The molecule has 0 radical (unpaired) electrons. The summed E-state index contributed by atoms with van der Waals surface area (Å²) in [7, 11) is -1.87. The predicted molar refractivity (Wildman–Crippen MR) is 123 cm³/mol.